The molecular weight excluding hydrogens is 348 g/mol. The van der Waals surface area contributed by atoms with Crippen LogP contribution in [0.25, 0.3) is 10.9 Å². The predicted molar refractivity (Wildman–Crippen MR) is 86.3 cm³/mol. The van der Waals surface area contributed by atoms with Crippen LogP contribution >= 0.6 is 15.9 Å². The van der Waals surface area contributed by atoms with Crippen molar-refractivity contribution in [1.82, 2.24) is 9.97 Å². The molecule has 0 atom stereocenters. The Bertz CT molecular complexity index is 934. The Labute approximate surface area is 133 Å². The molecule has 0 radical (unpaired) electrons. The highest BCUT2D eigenvalue weighted by Gasteiger charge is 2.12. The van der Waals surface area contributed by atoms with Crippen LogP contribution in [-0.4, -0.2) is 21.0 Å². The minimum atomic E-state index is -1.23. The van der Waals surface area contributed by atoms with E-state index in [0.717, 1.165) is 15.9 Å². The second-order valence-corrected chi connectivity index (χ2v) is 5.66. The highest BCUT2D eigenvalue weighted by atomic mass is 79.9. The molecule has 5 nitrogen and oxygen atoms in total. The van der Waals surface area contributed by atoms with E-state index in [2.05, 4.69) is 25.9 Å². The van der Waals surface area contributed by atoms with Crippen molar-refractivity contribution in [2.24, 2.45) is 0 Å². The number of carbonyl (C=O) groups is 1. The van der Waals surface area contributed by atoms with Crippen LogP contribution in [0.2, 0.25) is 0 Å². The minimum absolute atomic E-state index is 0.259. The third kappa shape index (κ3) is 2.78. The third-order valence-corrected chi connectivity index (χ3v) is 3.78. The number of fused-ring (bicyclic) bond motifs is 1. The molecule has 1 aromatic carbocycles. The van der Waals surface area contributed by atoms with Crippen LogP contribution in [0.15, 0.2) is 52.0 Å². The lowest BCUT2D eigenvalue weighted by Gasteiger charge is -2.05. The van der Waals surface area contributed by atoms with Crippen molar-refractivity contribution in [2.45, 2.75) is 6.42 Å². The molecule has 6 heteroatoms. The van der Waals surface area contributed by atoms with E-state index >= 15 is 0 Å². The van der Waals surface area contributed by atoms with Gasteiger partial charge in [0.05, 0.1) is 0 Å². The lowest BCUT2D eigenvalue weighted by Crippen LogP contribution is -2.15. The van der Waals surface area contributed by atoms with Gasteiger partial charge >= 0.3 is 5.97 Å². The van der Waals surface area contributed by atoms with E-state index in [4.69, 9.17) is 5.11 Å². The lowest BCUT2D eigenvalue weighted by atomic mass is 10.0. The molecule has 0 aliphatic carbocycles. The second kappa shape index (κ2) is 5.73. The number of nitrogens with one attached hydrogen (secondary N) is 1. The fraction of sp³-hybridized carbons (Fsp3) is 0.0625. The van der Waals surface area contributed by atoms with Gasteiger partial charge in [-0.25, -0.2) is 9.78 Å². The summed E-state index contributed by atoms with van der Waals surface area (Å²) in [6.07, 6.45) is 1.79. The lowest BCUT2D eigenvalue weighted by molar-refractivity contribution is 0.0695. The van der Waals surface area contributed by atoms with Crippen LogP contribution in [0.4, 0.5) is 0 Å². The fourth-order valence-electron chi connectivity index (χ4n) is 2.29. The number of H-pyrrole nitrogens is 1. The zero-order valence-corrected chi connectivity index (χ0v) is 12.9. The van der Waals surface area contributed by atoms with Gasteiger partial charge in [-0.15, -0.1) is 0 Å². The van der Waals surface area contributed by atoms with E-state index in [1.54, 1.807) is 12.1 Å². The standard InChI is InChI=1S/C16H11BrN2O3/c17-14-3-1-2-10(19-14)6-9-4-5-13-11(7-9)15(20)12(8-18-13)16(21)22/h1-5,7-8H,6H2,(H,18,20)(H,21,22). The highest BCUT2D eigenvalue weighted by Crippen LogP contribution is 2.15. The van der Waals surface area contributed by atoms with Crippen LogP contribution in [0.1, 0.15) is 21.6 Å². The van der Waals surface area contributed by atoms with Gasteiger partial charge in [-0.2, -0.15) is 0 Å². The summed E-state index contributed by atoms with van der Waals surface area (Å²) in [5.41, 5.74) is 1.63. The first-order valence-corrected chi connectivity index (χ1v) is 7.33. The number of aromatic amines is 1. The zero-order valence-electron chi connectivity index (χ0n) is 11.3. The van der Waals surface area contributed by atoms with Crippen molar-refractivity contribution in [1.29, 1.82) is 0 Å². The first kappa shape index (κ1) is 14.5. The summed E-state index contributed by atoms with van der Waals surface area (Å²) < 4.78 is 0.747. The largest absolute Gasteiger partial charge is 0.477 e. The summed E-state index contributed by atoms with van der Waals surface area (Å²) in [6, 6.07) is 11.0. The first-order valence-electron chi connectivity index (χ1n) is 6.53. The Morgan fingerprint density at radius 3 is 2.82 bits per heavy atom. The number of aromatic nitrogens is 2. The summed E-state index contributed by atoms with van der Waals surface area (Å²) in [4.78, 5) is 30.4. The summed E-state index contributed by atoms with van der Waals surface area (Å²) in [5.74, 6) is -1.23. The number of hydrogen-bond donors (Lipinski definition) is 2. The van der Waals surface area contributed by atoms with Crippen molar-refractivity contribution in [2.75, 3.05) is 0 Å². The van der Waals surface area contributed by atoms with Gasteiger partial charge in [0.25, 0.3) is 0 Å². The van der Waals surface area contributed by atoms with E-state index < -0.39 is 11.4 Å². The van der Waals surface area contributed by atoms with E-state index in [0.29, 0.717) is 17.3 Å². The van der Waals surface area contributed by atoms with Crippen LogP contribution in [0.3, 0.4) is 0 Å². The summed E-state index contributed by atoms with van der Waals surface area (Å²) in [7, 11) is 0. The fourth-order valence-corrected chi connectivity index (χ4v) is 2.67. The maximum absolute atomic E-state index is 12.2. The van der Waals surface area contributed by atoms with Gasteiger partial charge in [-0.3, -0.25) is 4.79 Å². The molecule has 0 aliphatic rings. The highest BCUT2D eigenvalue weighted by molar-refractivity contribution is 9.10. The normalized spacial score (nSPS) is 10.8. The smallest absolute Gasteiger partial charge is 0.341 e. The first-order chi connectivity index (χ1) is 10.5. The molecule has 3 aromatic rings. The molecule has 22 heavy (non-hydrogen) atoms. The Morgan fingerprint density at radius 1 is 1.27 bits per heavy atom. The minimum Gasteiger partial charge on any atom is -0.477 e. The van der Waals surface area contributed by atoms with Crippen molar-refractivity contribution < 1.29 is 9.90 Å². The van der Waals surface area contributed by atoms with Crippen molar-refractivity contribution in [3.05, 3.63) is 74.2 Å². The number of hydrogen-bond acceptors (Lipinski definition) is 3. The molecule has 2 N–H and O–H groups in total. The van der Waals surface area contributed by atoms with E-state index in [1.807, 2.05) is 24.3 Å². The number of aromatic carboxylic acids is 1. The Balaban J connectivity index is 2.07. The van der Waals surface area contributed by atoms with Gasteiger partial charge in [-0.05, 0) is 45.8 Å². The molecular formula is C16H11BrN2O3. The number of pyridine rings is 2. The van der Waals surface area contributed by atoms with E-state index in [1.165, 1.54) is 6.20 Å². The van der Waals surface area contributed by atoms with Crippen LogP contribution in [-0.2, 0) is 6.42 Å². The average molecular weight is 359 g/mol. The molecule has 0 fully saturated rings. The van der Waals surface area contributed by atoms with Crippen molar-refractivity contribution in [3.8, 4) is 0 Å². The van der Waals surface area contributed by atoms with Crippen molar-refractivity contribution >= 4 is 32.8 Å². The molecule has 2 heterocycles. The summed E-state index contributed by atoms with van der Waals surface area (Å²) >= 11 is 3.32. The number of carboxylic acids is 1. The molecule has 0 saturated carbocycles. The zero-order chi connectivity index (χ0) is 15.7. The quantitative estimate of drug-likeness (QED) is 0.705. The van der Waals surface area contributed by atoms with Gasteiger partial charge in [0, 0.05) is 29.2 Å². The molecule has 0 amide bonds. The van der Waals surface area contributed by atoms with Crippen LogP contribution < -0.4 is 5.43 Å². The van der Waals surface area contributed by atoms with Gasteiger partial charge in [0.2, 0.25) is 5.43 Å². The molecule has 110 valence electrons. The number of benzene rings is 1. The van der Waals surface area contributed by atoms with E-state index in [-0.39, 0.29) is 5.56 Å². The molecule has 0 saturated heterocycles. The number of nitrogens with zero attached hydrogens (tertiary/aromatic N) is 1. The average Bonchev–Trinajstić information content (AvgIpc) is 2.48. The summed E-state index contributed by atoms with van der Waals surface area (Å²) in [6.45, 7) is 0. The maximum Gasteiger partial charge on any atom is 0.341 e. The number of halogens is 1. The molecule has 3 rings (SSSR count). The maximum atomic E-state index is 12.2. The monoisotopic (exact) mass is 358 g/mol. The van der Waals surface area contributed by atoms with Crippen LogP contribution in [0.5, 0.6) is 0 Å². The molecule has 0 aliphatic heterocycles. The van der Waals surface area contributed by atoms with Gasteiger partial charge in [0.15, 0.2) is 0 Å². The number of carboxylic acid groups (broad SMARTS) is 1. The number of rotatable bonds is 3. The third-order valence-electron chi connectivity index (χ3n) is 3.33. The van der Waals surface area contributed by atoms with Crippen LogP contribution in [0, 0.1) is 0 Å². The second-order valence-electron chi connectivity index (χ2n) is 4.84. The van der Waals surface area contributed by atoms with Crippen molar-refractivity contribution in [3.63, 3.8) is 0 Å². The van der Waals surface area contributed by atoms with Gasteiger partial charge in [-0.1, -0.05) is 12.1 Å². The molecule has 0 bridgehead atoms. The van der Waals surface area contributed by atoms with E-state index in [9.17, 15) is 9.59 Å². The molecule has 2 aromatic heterocycles. The van der Waals surface area contributed by atoms with Gasteiger partial charge < -0.3 is 10.1 Å². The summed E-state index contributed by atoms with van der Waals surface area (Å²) in [5, 5.41) is 9.39. The topological polar surface area (TPSA) is 83.0 Å². The van der Waals surface area contributed by atoms with Gasteiger partial charge in [0.1, 0.15) is 10.2 Å². The Morgan fingerprint density at radius 2 is 2.09 bits per heavy atom. The molecule has 0 spiro atoms. The predicted octanol–water partition coefficient (Wildman–Crippen LogP) is 2.97. The SMILES string of the molecule is O=C(O)c1c[nH]c2ccc(Cc3cccc(Br)n3)cc2c1=O. The Hall–Kier alpha value is -2.47. The Kier molecular flexibility index (Phi) is 3.77. The molecule has 0 unspecified atom stereocenters.